The molecule has 0 aliphatic carbocycles. The lowest BCUT2D eigenvalue weighted by Gasteiger charge is -2.31. The fourth-order valence-corrected chi connectivity index (χ4v) is 5.86. The highest BCUT2D eigenvalue weighted by Gasteiger charge is 2.33. The van der Waals surface area contributed by atoms with E-state index in [9.17, 15) is 14.4 Å². The lowest BCUT2D eigenvalue weighted by Crippen LogP contribution is -2.38. The number of para-hydroxylation sites is 2. The molecule has 242 valence electrons. The number of hydrogen-bond donors (Lipinski definition) is 3. The second-order valence-electron chi connectivity index (χ2n) is 11.4. The van der Waals surface area contributed by atoms with E-state index < -0.39 is 17.7 Å². The molecule has 5 N–H and O–H groups in total. The summed E-state index contributed by atoms with van der Waals surface area (Å²) in [5, 5.41) is 2.79. The van der Waals surface area contributed by atoms with E-state index in [0.717, 1.165) is 37.6 Å². The molecule has 0 bridgehead atoms. The summed E-state index contributed by atoms with van der Waals surface area (Å²) in [4.78, 5) is 46.3. The van der Waals surface area contributed by atoms with Crippen LogP contribution in [-0.2, 0) is 19.1 Å². The Hall–Kier alpha value is -5.39. The van der Waals surface area contributed by atoms with E-state index in [1.807, 2.05) is 48.5 Å². The van der Waals surface area contributed by atoms with Gasteiger partial charge in [-0.15, -0.1) is 0 Å². The molecular weight excluding hydrogens is 596 g/mol. The number of morpholine rings is 2. The van der Waals surface area contributed by atoms with Crippen LogP contribution in [0.15, 0.2) is 97.1 Å². The number of amides is 3. The fourth-order valence-electron chi connectivity index (χ4n) is 5.86. The number of carbonyl (C=O) groups is 3. The number of nitrogens with one attached hydrogen (secondary N) is 1. The minimum atomic E-state index is -1.31. The number of nitrogen functional groups attached to an aromatic ring is 1. The highest BCUT2D eigenvalue weighted by molar-refractivity contribution is 6.15. The zero-order valence-corrected chi connectivity index (χ0v) is 26.0. The van der Waals surface area contributed by atoms with Gasteiger partial charge in [0, 0.05) is 54.5 Å². The van der Waals surface area contributed by atoms with Gasteiger partial charge in [0.15, 0.2) is 0 Å². The standard InChI is InChI=1S/C36H38N6O5/c37-31-3-1-2-4-32(31)39-35(44)26-7-5-25(6-8-26)33(34(38)43)36(45)42(29-13-9-27(10-14-29)40-17-21-46-22-18-40)30-15-11-28(12-16-30)41-19-23-47-24-20-41/h1-16,33H,17-24,37H2,(H2,38,43)(H,39,44). The lowest BCUT2D eigenvalue weighted by atomic mass is 9.95. The summed E-state index contributed by atoms with van der Waals surface area (Å²) < 4.78 is 11.0. The first-order valence-electron chi connectivity index (χ1n) is 15.6. The van der Waals surface area contributed by atoms with E-state index in [-0.39, 0.29) is 5.91 Å². The second-order valence-corrected chi connectivity index (χ2v) is 11.4. The fraction of sp³-hybridized carbons (Fsp3) is 0.250. The van der Waals surface area contributed by atoms with E-state index in [1.165, 1.54) is 4.90 Å². The van der Waals surface area contributed by atoms with Crippen LogP contribution < -0.4 is 31.5 Å². The summed E-state index contributed by atoms with van der Waals surface area (Å²) in [6.45, 7) is 5.74. The van der Waals surface area contributed by atoms with Gasteiger partial charge >= 0.3 is 0 Å². The smallest absolute Gasteiger partial charge is 0.255 e. The molecule has 0 saturated carbocycles. The minimum absolute atomic E-state index is 0.335. The van der Waals surface area contributed by atoms with Crippen molar-refractivity contribution in [2.75, 3.05) is 78.4 Å². The van der Waals surface area contributed by atoms with Crippen LogP contribution in [0.4, 0.5) is 34.1 Å². The van der Waals surface area contributed by atoms with Crippen molar-refractivity contribution in [1.82, 2.24) is 0 Å². The zero-order valence-electron chi connectivity index (χ0n) is 26.0. The van der Waals surface area contributed by atoms with Gasteiger partial charge in [0.2, 0.25) is 11.8 Å². The Morgan fingerprint density at radius 1 is 0.681 bits per heavy atom. The normalized spacial score (nSPS) is 15.5. The molecule has 2 saturated heterocycles. The molecule has 2 aliphatic rings. The van der Waals surface area contributed by atoms with E-state index in [2.05, 4.69) is 15.1 Å². The van der Waals surface area contributed by atoms with Gasteiger partial charge in [0.25, 0.3) is 5.91 Å². The number of carbonyl (C=O) groups excluding carboxylic acids is 3. The SMILES string of the molecule is NC(=O)C(C(=O)N(c1ccc(N2CCOCC2)cc1)c1ccc(N2CCOCC2)cc1)c1ccc(C(=O)Nc2ccccc2N)cc1. The Morgan fingerprint density at radius 3 is 1.64 bits per heavy atom. The quantitative estimate of drug-likeness (QED) is 0.184. The molecule has 4 aromatic rings. The number of ether oxygens (including phenoxy) is 2. The molecule has 2 aliphatic heterocycles. The number of nitrogens with two attached hydrogens (primary N) is 2. The predicted octanol–water partition coefficient (Wildman–Crippen LogP) is 4.13. The molecule has 1 atom stereocenters. The topological polar surface area (TPSA) is 143 Å². The van der Waals surface area contributed by atoms with E-state index in [1.54, 1.807) is 48.5 Å². The number of anilines is 6. The number of nitrogens with zero attached hydrogens (tertiary/aromatic N) is 3. The van der Waals surface area contributed by atoms with Crippen LogP contribution in [0.1, 0.15) is 21.8 Å². The van der Waals surface area contributed by atoms with Crippen molar-refractivity contribution in [3.8, 4) is 0 Å². The average Bonchev–Trinajstić information content (AvgIpc) is 3.11. The summed E-state index contributed by atoms with van der Waals surface area (Å²) in [6, 6.07) is 28.6. The summed E-state index contributed by atoms with van der Waals surface area (Å²) in [5.41, 5.74) is 16.7. The Balaban J connectivity index is 1.29. The van der Waals surface area contributed by atoms with Crippen molar-refractivity contribution in [3.63, 3.8) is 0 Å². The lowest BCUT2D eigenvalue weighted by molar-refractivity contribution is -0.128. The van der Waals surface area contributed by atoms with Crippen molar-refractivity contribution < 1.29 is 23.9 Å². The van der Waals surface area contributed by atoms with Crippen molar-refractivity contribution in [1.29, 1.82) is 0 Å². The van der Waals surface area contributed by atoms with E-state index >= 15 is 0 Å². The maximum Gasteiger partial charge on any atom is 0.255 e. The minimum Gasteiger partial charge on any atom is -0.397 e. The highest BCUT2D eigenvalue weighted by atomic mass is 16.5. The summed E-state index contributed by atoms with van der Waals surface area (Å²) in [7, 11) is 0. The zero-order chi connectivity index (χ0) is 32.8. The first-order valence-corrected chi connectivity index (χ1v) is 15.6. The molecule has 6 rings (SSSR count). The molecule has 0 spiro atoms. The van der Waals surface area contributed by atoms with Crippen molar-refractivity contribution in [2.24, 2.45) is 5.73 Å². The van der Waals surface area contributed by atoms with Crippen LogP contribution in [0.3, 0.4) is 0 Å². The Bertz CT molecular complexity index is 1640. The monoisotopic (exact) mass is 634 g/mol. The third-order valence-corrected chi connectivity index (χ3v) is 8.44. The van der Waals surface area contributed by atoms with Gasteiger partial charge in [0.1, 0.15) is 5.92 Å². The first kappa shape index (κ1) is 31.6. The molecular formula is C36H38N6O5. The maximum atomic E-state index is 14.4. The van der Waals surface area contributed by atoms with Crippen molar-refractivity contribution in [2.45, 2.75) is 5.92 Å². The summed E-state index contributed by atoms with van der Waals surface area (Å²) >= 11 is 0. The second kappa shape index (κ2) is 14.4. The van der Waals surface area contributed by atoms with Crippen LogP contribution in [0.5, 0.6) is 0 Å². The van der Waals surface area contributed by atoms with Gasteiger partial charge in [-0.1, -0.05) is 24.3 Å². The van der Waals surface area contributed by atoms with Gasteiger partial charge in [0.05, 0.1) is 37.8 Å². The van der Waals surface area contributed by atoms with Crippen molar-refractivity contribution in [3.05, 3.63) is 108 Å². The Kier molecular flexibility index (Phi) is 9.65. The van der Waals surface area contributed by atoms with Gasteiger partial charge in [-0.05, 0) is 78.4 Å². The number of benzene rings is 4. The third kappa shape index (κ3) is 7.21. The summed E-state index contributed by atoms with van der Waals surface area (Å²) in [6.07, 6.45) is 0. The molecule has 0 aromatic heterocycles. The Labute approximate surface area is 273 Å². The van der Waals surface area contributed by atoms with Crippen LogP contribution >= 0.6 is 0 Å². The number of hydrogen-bond acceptors (Lipinski definition) is 8. The largest absolute Gasteiger partial charge is 0.397 e. The van der Waals surface area contributed by atoms with Crippen molar-refractivity contribution >= 4 is 51.8 Å². The van der Waals surface area contributed by atoms with E-state index in [0.29, 0.717) is 60.3 Å². The molecule has 0 radical (unpaired) electrons. The molecule has 2 fully saturated rings. The number of rotatable bonds is 9. The molecule has 2 heterocycles. The maximum absolute atomic E-state index is 14.4. The van der Waals surface area contributed by atoms with Gasteiger partial charge in [-0.2, -0.15) is 0 Å². The highest BCUT2D eigenvalue weighted by Crippen LogP contribution is 2.33. The average molecular weight is 635 g/mol. The van der Waals surface area contributed by atoms with Crippen LogP contribution in [-0.4, -0.2) is 70.3 Å². The number of primary amides is 1. The first-order chi connectivity index (χ1) is 22.9. The molecule has 3 amide bonds. The van der Waals surface area contributed by atoms with Crippen LogP contribution in [0.2, 0.25) is 0 Å². The molecule has 4 aromatic carbocycles. The molecule has 11 heteroatoms. The third-order valence-electron chi connectivity index (χ3n) is 8.44. The van der Waals surface area contributed by atoms with Gasteiger partial charge in [-0.25, -0.2) is 0 Å². The summed E-state index contributed by atoms with van der Waals surface area (Å²) in [5.74, 6) is -3.00. The van der Waals surface area contributed by atoms with Gasteiger partial charge in [-0.3, -0.25) is 19.3 Å². The van der Waals surface area contributed by atoms with Crippen LogP contribution in [0.25, 0.3) is 0 Å². The molecule has 1 unspecified atom stereocenters. The predicted molar refractivity (Wildman–Crippen MR) is 183 cm³/mol. The molecule has 11 nitrogen and oxygen atoms in total. The Morgan fingerprint density at radius 2 is 1.17 bits per heavy atom. The van der Waals surface area contributed by atoms with E-state index in [4.69, 9.17) is 20.9 Å². The molecule has 47 heavy (non-hydrogen) atoms. The van der Waals surface area contributed by atoms with Gasteiger partial charge < -0.3 is 36.1 Å². The van der Waals surface area contributed by atoms with Crippen LogP contribution in [0, 0.1) is 0 Å².